The van der Waals surface area contributed by atoms with E-state index in [4.69, 9.17) is 4.74 Å². The van der Waals surface area contributed by atoms with Gasteiger partial charge < -0.3 is 14.2 Å². The second-order valence-electron chi connectivity index (χ2n) is 6.46. The number of aromatic nitrogens is 3. The monoisotopic (exact) mass is 352 g/mol. The van der Waals surface area contributed by atoms with E-state index in [2.05, 4.69) is 29.9 Å². The van der Waals surface area contributed by atoms with E-state index >= 15 is 0 Å². The van der Waals surface area contributed by atoms with Crippen molar-refractivity contribution in [1.29, 1.82) is 0 Å². The van der Waals surface area contributed by atoms with Crippen LogP contribution < -0.4 is 4.90 Å². The van der Waals surface area contributed by atoms with Gasteiger partial charge in [0.25, 0.3) is 0 Å². The molecule has 0 bridgehead atoms. The number of rotatable bonds is 5. The Bertz CT molecular complexity index is 962. The maximum atomic E-state index is 12.5. The molecule has 1 aromatic carbocycles. The van der Waals surface area contributed by atoms with Crippen LogP contribution in [0.4, 0.5) is 5.69 Å². The van der Waals surface area contributed by atoms with Gasteiger partial charge in [-0.05, 0) is 31.9 Å². The van der Waals surface area contributed by atoms with Crippen molar-refractivity contribution >= 4 is 22.6 Å². The molecular formula is C20H24N4O2. The number of anilines is 1. The summed E-state index contributed by atoms with van der Waals surface area (Å²) in [6.07, 6.45) is 5.30. The average Bonchev–Trinajstić information content (AvgIpc) is 3.02. The second-order valence-corrected chi connectivity index (χ2v) is 6.46. The zero-order chi connectivity index (χ0) is 18.8. The van der Waals surface area contributed by atoms with Crippen molar-refractivity contribution in [3.8, 4) is 0 Å². The van der Waals surface area contributed by atoms with Crippen LogP contribution in [0.25, 0.3) is 10.9 Å². The molecule has 0 radical (unpaired) electrons. The van der Waals surface area contributed by atoms with Gasteiger partial charge in [-0.1, -0.05) is 12.1 Å². The van der Waals surface area contributed by atoms with Crippen LogP contribution in [0.15, 0.2) is 30.7 Å². The fourth-order valence-corrected chi connectivity index (χ4v) is 3.10. The lowest BCUT2D eigenvalue weighted by molar-refractivity contribution is 0.0527. The van der Waals surface area contributed by atoms with Gasteiger partial charge in [-0.15, -0.1) is 0 Å². The lowest BCUT2D eigenvalue weighted by Gasteiger charge is -2.24. The smallest absolute Gasteiger partial charge is 0.341 e. The molecule has 0 amide bonds. The summed E-state index contributed by atoms with van der Waals surface area (Å²) in [6, 6.07) is 4.09. The topological polar surface area (TPSA) is 60.2 Å². The average molecular weight is 352 g/mol. The van der Waals surface area contributed by atoms with E-state index in [1.54, 1.807) is 19.3 Å². The van der Waals surface area contributed by atoms with Crippen molar-refractivity contribution in [2.75, 3.05) is 18.6 Å². The number of benzene rings is 1. The summed E-state index contributed by atoms with van der Waals surface area (Å²) in [6.45, 7) is 6.82. The molecule has 2 heterocycles. The van der Waals surface area contributed by atoms with E-state index in [-0.39, 0.29) is 5.97 Å². The fourth-order valence-electron chi connectivity index (χ4n) is 3.10. The Morgan fingerprint density at radius 3 is 2.69 bits per heavy atom. The molecule has 3 rings (SSSR count). The van der Waals surface area contributed by atoms with Gasteiger partial charge in [0, 0.05) is 38.1 Å². The summed E-state index contributed by atoms with van der Waals surface area (Å²) < 4.78 is 7.23. The maximum absolute atomic E-state index is 12.5. The lowest BCUT2D eigenvalue weighted by Crippen LogP contribution is -2.23. The molecule has 0 atom stereocenters. The molecule has 136 valence electrons. The van der Waals surface area contributed by atoms with Crippen LogP contribution in [0.2, 0.25) is 0 Å². The first-order chi connectivity index (χ1) is 12.4. The highest BCUT2D eigenvalue weighted by atomic mass is 16.5. The van der Waals surface area contributed by atoms with Gasteiger partial charge >= 0.3 is 5.97 Å². The summed E-state index contributed by atoms with van der Waals surface area (Å²) in [5.74, 6) is 0.554. The standard InChI is InChI=1S/C20H24N4O2/c1-6-26-20(25)16-11-22-18-14(3)13(2)7-8-15(18)19(16)24(5)12-17-21-9-10-23(17)4/h7-11H,6,12H2,1-5H3. The molecule has 6 heteroatoms. The molecule has 0 aliphatic heterocycles. The molecule has 6 nitrogen and oxygen atoms in total. The number of hydrogen-bond acceptors (Lipinski definition) is 5. The van der Waals surface area contributed by atoms with Crippen molar-refractivity contribution in [3.05, 3.63) is 53.2 Å². The Hall–Kier alpha value is -2.89. The first-order valence-corrected chi connectivity index (χ1v) is 8.67. The number of ether oxygens (including phenoxy) is 1. The highest BCUT2D eigenvalue weighted by molar-refractivity contribution is 6.06. The van der Waals surface area contributed by atoms with Gasteiger partial charge in [0.1, 0.15) is 11.4 Å². The van der Waals surface area contributed by atoms with Crippen LogP contribution >= 0.6 is 0 Å². The molecular weight excluding hydrogens is 328 g/mol. The third-order valence-corrected chi connectivity index (χ3v) is 4.71. The number of pyridine rings is 1. The third-order valence-electron chi connectivity index (χ3n) is 4.71. The lowest BCUT2D eigenvalue weighted by atomic mass is 10.0. The number of carbonyl (C=O) groups excluding carboxylic acids is 1. The van der Waals surface area contributed by atoms with E-state index in [9.17, 15) is 4.79 Å². The molecule has 2 aromatic heterocycles. The first-order valence-electron chi connectivity index (χ1n) is 8.67. The number of aryl methyl sites for hydroxylation is 3. The van der Waals surface area contributed by atoms with Gasteiger partial charge in [-0.3, -0.25) is 4.98 Å². The summed E-state index contributed by atoms with van der Waals surface area (Å²) in [5, 5.41) is 0.940. The SMILES string of the molecule is CCOC(=O)c1cnc2c(C)c(C)ccc2c1N(C)Cc1nccn1C. The van der Waals surface area contributed by atoms with Crippen molar-refractivity contribution in [1.82, 2.24) is 14.5 Å². The first kappa shape index (κ1) is 17.9. The zero-order valence-electron chi connectivity index (χ0n) is 15.9. The van der Waals surface area contributed by atoms with Crippen LogP contribution in [-0.4, -0.2) is 34.2 Å². The number of esters is 1. The quantitative estimate of drug-likeness (QED) is 0.659. The Labute approximate surface area is 153 Å². The molecule has 26 heavy (non-hydrogen) atoms. The molecule has 0 spiro atoms. The Morgan fingerprint density at radius 2 is 2.04 bits per heavy atom. The molecule has 3 aromatic rings. The van der Waals surface area contributed by atoms with Crippen LogP contribution in [0.5, 0.6) is 0 Å². The van der Waals surface area contributed by atoms with Gasteiger partial charge in [0.05, 0.1) is 24.4 Å². The van der Waals surface area contributed by atoms with Gasteiger partial charge in [-0.25, -0.2) is 9.78 Å². The van der Waals surface area contributed by atoms with Crippen LogP contribution in [-0.2, 0) is 18.3 Å². The molecule has 0 saturated heterocycles. The summed E-state index contributed by atoms with van der Waals surface area (Å²) in [5.41, 5.74) is 4.48. The molecule has 0 aliphatic rings. The number of carbonyl (C=O) groups is 1. The number of fused-ring (bicyclic) bond motifs is 1. The van der Waals surface area contributed by atoms with E-state index in [1.807, 2.05) is 35.8 Å². The van der Waals surface area contributed by atoms with E-state index in [0.717, 1.165) is 28.0 Å². The molecule has 0 aliphatic carbocycles. The number of hydrogen-bond donors (Lipinski definition) is 0. The highest BCUT2D eigenvalue weighted by Crippen LogP contribution is 2.32. The predicted octanol–water partition coefficient (Wildman–Crippen LogP) is 3.40. The highest BCUT2D eigenvalue weighted by Gasteiger charge is 2.21. The Balaban J connectivity index is 2.18. The Morgan fingerprint density at radius 1 is 1.27 bits per heavy atom. The summed E-state index contributed by atoms with van der Waals surface area (Å²) in [7, 11) is 3.92. The largest absolute Gasteiger partial charge is 0.462 e. The minimum atomic E-state index is -0.359. The minimum Gasteiger partial charge on any atom is -0.462 e. The Kier molecular flexibility index (Phi) is 4.93. The van der Waals surface area contributed by atoms with Crippen molar-refractivity contribution in [2.45, 2.75) is 27.3 Å². The molecule has 0 N–H and O–H groups in total. The molecule has 0 unspecified atom stereocenters. The number of nitrogens with zero attached hydrogens (tertiary/aromatic N) is 4. The van der Waals surface area contributed by atoms with Crippen molar-refractivity contribution in [3.63, 3.8) is 0 Å². The van der Waals surface area contributed by atoms with Crippen LogP contribution in [0.3, 0.4) is 0 Å². The minimum absolute atomic E-state index is 0.326. The van der Waals surface area contributed by atoms with Crippen molar-refractivity contribution in [2.24, 2.45) is 7.05 Å². The van der Waals surface area contributed by atoms with Crippen LogP contribution in [0, 0.1) is 13.8 Å². The molecule has 0 saturated carbocycles. The summed E-state index contributed by atoms with van der Waals surface area (Å²) in [4.78, 5) is 23.5. The van der Waals surface area contributed by atoms with E-state index < -0.39 is 0 Å². The van der Waals surface area contributed by atoms with Crippen molar-refractivity contribution < 1.29 is 9.53 Å². The molecule has 0 fully saturated rings. The fraction of sp³-hybridized carbons (Fsp3) is 0.350. The van der Waals surface area contributed by atoms with Gasteiger partial charge in [-0.2, -0.15) is 0 Å². The van der Waals surface area contributed by atoms with E-state index in [0.29, 0.717) is 18.7 Å². The van der Waals surface area contributed by atoms with Gasteiger partial charge in [0.15, 0.2) is 0 Å². The number of imidazole rings is 1. The second kappa shape index (κ2) is 7.15. The maximum Gasteiger partial charge on any atom is 0.341 e. The predicted molar refractivity (Wildman–Crippen MR) is 102 cm³/mol. The normalized spacial score (nSPS) is 11.0. The zero-order valence-corrected chi connectivity index (χ0v) is 15.9. The van der Waals surface area contributed by atoms with Crippen LogP contribution in [0.1, 0.15) is 34.2 Å². The van der Waals surface area contributed by atoms with E-state index in [1.165, 1.54) is 5.56 Å². The summed E-state index contributed by atoms with van der Waals surface area (Å²) >= 11 is 0. The third kappa shape index (κ3) is 3.14. The van der Waals surface area contributed by atoms with Gasteiger partial charge in [0.2, 0.25) is 0 Å².